The van der Waals surface area contributed by atoms with E-state index in [1.807, 2.05) is 24.3 Å². The fraction of sp³-hybridized carbons (Fsp3) is 0.375. The van der Waals surface area contributed by atoms with Gasteiger partial charge in [0.1, 0.15) is 18.0 Å². The summed E-state index contributed by atoms with van der Waals surface area (Å²) in [6.45, 7) is 1.94. The Labute approximate surface area is 136 Å². The summed E-state index contributed by atoms with van der Waals surface area (Å²) in [6, 6.07) is 7.65. The van der Waals surface area contributed by atoms with Gasteiger partial charge in [0.2, 0.25) is 0 Å². The van der Waals surface area contributed by atoms with Crippen LogP contribution in [0.2, 0.25) is 0 Å². The first-order valence-electron chi connectivity index (χ1n) is 7.26. The van der Waals surface area contributed by atoms with Crippen LogP contribution in [0.4, 0.5) is 11.6 Å². The summed E-state index contributed by atoms with van der Waals surface area (Å²) in [4.78, 5) is 8.37. The van der Waals surface area contributed by atoms with Crippen molar-refractivity contribution in [3.63, 3.8) is 0 Å². The smallest absolute Gasteiger partial charge is 0.161 e. The largest absolute Gasteiger partial charge is 0.493 e. The van der Waals surface area contributed by atoms with Gasteiger partial charge in [-0.2, -0.15) is 0 Å². The minimum absolute atomic E-state index is 0.620. The van der Waals surface area contributed by atoms with Gasteiger partial charge in [-0.1, -0.05) is 6.07 Å². The van der Waals surface area contributed by atoms with E-state index >= 15 is 0 Å². The van der Waals surface area contributed by atoms with Crippen LogP contribution in [0, 0.1) is 0 Å². The molecule has 0 aliphatic heterocycles. The number of nitrogens with one attached hydrogen (secondary N) is 2. The fourth-order valence-corrected chi connectivity index (χ4v) is 2.02. The molecule has 7 nitrogen and oxygen atoms in total. The Balaban J connectivity index is 1.96. The summed E-state index contributed by atoms with van der Waals surface area (Å²) in [7, 11) is 4.91. The van der Waals surface area contributed by atoms with Crippen molar-refractivity contribution in [3.05, 3.63) is 36.2 Å². The van der Waals surface area contributed by atoms with Gasteiger partial charge in [-0.05, 0) is 17.7 Å². The van der Waals surface area contributed by atoms with Crippen LogP contribution in [-0.2, 0) is 11.3 Å². The molecule has 0 unspecified atom stereocenters. The molecule has 0 atom stereocenters. The third-order valence-electron chi connectivity index (χ3n) is 3.20. The van der Waals surface area contributed by atoms with Crippen molar-refractivity contribution in [1.29, 1.82) is 0 Å². The Morgan fingerprint density at radius 1 is 0.913 bits per heavy atom. The Bertz CT molecular complexity index is 622. The second kappa shape index (κ2) is 8.79. The van der Waals surface area contributed by atoms with Gasteiger partial charge in [0, 0.05) is 26.3 Å². The molecule has 0 fully saturated rings. The van der Waals surface area contributed by atoms with Gasteiger partial charge in [0.25, 0.3) is 0 Å². The Hall–Kier alpha value is -2.54. The molecule has 2 N–H and O–H groups in total. The zero-order chi connectivity index (χ0) is 16.5. The molecule has 2 rings (SSSR count). The van der Waals surface area contributed by atoms with Crippen LogP contribution in [0.5, 0.6) is 11.5 Å². The maximum atomic E-state index is 5.30. The highest BCUT2D eigenvalue weighted by Gasteiger charge is 2.05. The van der Waals surface area contributed by atoms with E-state index < -0.39 is 0 Å². The predicted octanol–water partition coefficient (Wildman–Crippen LogP) is 2.16. The Morgan fingerprint density at radius 3 is 2.35 bits per heavy atom. The first-order valence-corrected chi connectivity index (χ1v) is 7.26. The van der Waals surface area contributed by atoms with E-state index in [2.05, 4.69) is 20.6 Å². The van der Waals surface area contributed by atoms with Crippen molar-refractivity contribution >= 4 is 11.6 Å². The first kappa shape index (κ1) is 16.8. The van der Waals surface area contributed by atoms with Crippen LogP contribution in [0.25, 0.3) is 0 Å². The lowest BCUT2D eigenvalue weighted by molar-refractivity contribution is 0.210. The van der Waals surface area contributed by atoms with Crippen molar-refractivity contribution < 1.29 is 14.2 Å². The van der Waals surface area contributed by atoms with E-state index in [0.717, 1.165) is 17.2 Å². The van der Waals surface area contributed by atoms with E-state index in [9.17, 15) is 0 Å². The van der Waals surface area contributed by atoms with E-state index in [-0.39, 0.29) is 0 Å². The third-order valence-corrected chi connectivity index (χ3v) is 3.20. The number of hydrogen-bond donors (Lipinski definition) is 2. The SMILES string of the molecule is COCCNc1cc(NCc2ccc(OC)c(OC)c2)ncn1. The standard InChI is InChI=1S/C16H22N4O3/c1-21-7-6-17-15-9-16(20-11-19-15)18-10-12-4-5-13(22-2)14(8-12)23-3/h4-5,8-9,11H,6-7,10H2,1-3H3,(H2,17,18,19,20). The Morgan fingerprint density at radius 2 is 1.65 bits per heavy atom. The highest BCUT2D eigenvalue weighted by molar-refractivity contribution is 5.48. The maximum absolute atomic E-state index is 5.30. The molecular formula is C16H22N4O3. The predicted molar refractivity (Wildman–Crippen MR) is 89.3 cm³/mol. The van der Waals surface area contributed by atoms with E-state index in [0.29, 0.717) is 31.2 Å². The molecule has 1 aromatic carbocycles. The summed E-state index contributed by atoms with van der Waals surface area (Å²) < 4.78 is 15.5. The molecule has 2 aromatic rings. The van der Waals surface area contributed by atoms with E-state index in [1.165, 1.54) is 6.33 Å². The summed E-state index contributed by atoms with van der Waals surface area (Å²) in [5.74, 6) is 2.92. The highest BCUT2D eigenvalue weighted by Crippen LogP contribution is 2.27. The number of hydrogen-bond acceptors (Lipinski definition) is 7. The third kappa shape index (κ3) is 5.00. The quantitative estimate of drug-likeness (QED) is 0.686. The molecule has 0 radical (unpaired) electrons. The molecule has 23 heavy (non-hydrogen) atoms. The van der Waals surface area contributed by atoms with Crippen LogP contribution in [0.1, 0.15) is 5.56 Å². The van der Waals surface area contributed by atoms with Gasteiger partial charge in [-0.3, -0.25) is 0 Å². The van der Waals surface area contributed by atoms with E-state index in [4.69, 9.17) is 14.2 Å². The van der Waals surface area contributed by atoms with Gasteiger partial charge < -0.3 is 24.8 Å². The number of aromatic nitrogens is 2. The number of nitrogens with zero attached hydrogens (tertiary/aromatic N) is 2. The van der Waals surface area contributed by atoms with Crippen molar-refractivity contribution in [3.8, 4) is 11.5 Å². The van der Waals surface area contributed by atoms with E-state index in [1.54, 1.807) is 21.3 Å². The monoisotopic (exact) mass is 318 g/mol. The van der Waals surface area contributed by atoms with Crippen LogP contribution >= 0.6 is 0 Å². The molecule has 0 bridgehead atoms. The minimum atomic E-state index is 0.620. The Kier molecular flexibility index (Phi) is 6.43. The summed E-state index contributed by atoms with van der Waals surface area (Å²) in [5, 5.41) is 6.43. The normalized spacial score (nSPS) is 10.2. The summed E-state index contributed by atoms with van der Waals surface area (Å²) in [6.07, 6.45) is 1.52. The average Bonchev–Trinajstić information content (AvgIpc) is 2.60. The van der Waals surface area contributed by atoms with Crippen molar-refractivity contribution in [2.24, 2.45) is 0 Å². The lowest BCUT2D eigenvalue weighted by Crippen LogP contribution is -2.10. The van der Waals surface area contributed by atoms with Crippen LogP contribution in [0.15, 0.2) is 30.6 Å². The van der Waals surface area contributed by atoms with Crippen LogP contribution < -0.4 is 20.1 Å². The molecule has 7 heteroatoms. The number of anilines is 2. The number of methoxy groups -OCH3 is 3. The fourth-order valence-electron chi connectivity index (χ4n) is 2.02. The lowest BCUT2D eigenvalue weighted by Gasteiger charge is -2.11. The molecule has 0 aliphatic carbocycles. The molecule has 124 valence electrons. The molecular weight excluding hydrogens is 296 g/mol. The van der Waals surface area contributed by atoms with Gasteiger partial charge >= 0.3 is 0 Å². The molecule has 0 saturated carbocycles. The zero-order valence-electron chi connectivity index (χ0n) is 13.6. The second-order valence-electron chi connectivity index (χ2n) is 4.75. The summed E-state index contributed by atoms with van der Waals surface area (Å²) in [5.41, 5.74) is 1.06. The maximum Gasteiger partial charge on any atom is 0.161 e. The molecule has 1 aromatic heterocycles. The first-order chi connectivity index (χ1) is 11.3. The number of ether oxygens (including phenoxy) is 3. The second-order valence-corrected chi connectivity index (χ2v) is 4.75. The topological polar surface area (TPSA) is 77.5 Å². The lowest BCUT2D eigenvalue weighted by atomic mass is 10.2. The van der Waals surface area contributed by atoms with Crippen molar-refractivity contribution in [1.82, 2.24) is 9.97 Å². The van der Waals surface area contributed by atoms with Crippen molar-refractivity contribution in [2.45, 2.75) is 6.54 Å². The minimum Gasteiger partial charge on any atom is -0.493 e. The van der Waals surface area contributed by atoms with Gasteiger partial charge in [0.05, 0.1) is 20.8 Å². The highest BCUT2D eigenvalue weighted by atomic mass is 16.5. The van der Waals surface area contributed by atoms with Gasteiger partial charge in [0.15, 0.2) is 11.5 Å². The summed E-state index contributed by atoms with van der Waals surface area (Å²) >= 11 is 0. The zero-order valence-corrected chi connectivity index (χ0v) is 13.6. The molecule has 0 spiro atoms. The van der Waals surface area contributed by atoms with Crippen LogP contribution in [-0.4, -0.2) is 44.4 Å². The number of rotatable bonds is 9. The molecule has 1 heterocycles. The van der Waals surface area contributed by atoms with Crippen LogP contribution in [0.3, 0.4) is 0 Å². The molecule has 0 aliphatic rings. The average molecular weight is 318 g/mol. The molecule has 0 amide bonds. The molecule has 0 saturated heterocycles. The number of benzene rings is 1. The van der Waals surface area contributed by atoms with Crippen molar-refractivity contribution in [2.75, 3.05) is 45.1 Å². The van der Waals surface area contributed by atoms with Gasteiger partial charge in [-0.25, -0.2) is 9.97 Å². The van der Waals surface area contributed by atoms with Gasteiger partial charge in [-0.15, -0.1) is 0 Å².